The molecule has 3 nitrogen and oxygen atoms in total. The Bertz CT molecular complexity index is 281. The Kier molecular flexibility index (Phi) is 3.14. The molecule has 0 fully saturated rings. The highest BCUT2D eigenvalue weighted by molar-refractivity contribution is 5.69. The van der Waals surface area contributed by atoms with Crippen molar-refractivity contribution in [3.8, 4) is 0 Å². The van der Waals surface area contributed by atoms with Gasteiger partial charge in [-0.3, -0.25) is 5.84 Å². The summed E-state index contributed by atoms with van der Waals surface area (Å²) in [6.07, 6.45) is 0. The lowest BCUT2D eigenvalue weighted by molar-refractivity contribution is 0.867. The first-order valence-electron chi connectivity index (χ1n) is 4.47. The molecule has 0 saturated heterocycles. The summed E-state index contributed by atoms with van der Waals surface area (Å²) >= 11 is 0. The number of benzene rings is 1. The number of hydrazine groups is 1. The van der Waals surface area contributed by atoms with Gasteiger partial charge in [0.05, 0.1) is 11.4 Å². The van der Waals surface area contributed by atoms with Crippen LogP contribution in [0.2, 0.25) is 0 Å². The molecule has 4 N–H and O–H groups in total. The van der Waals surface area contributed by atoms with Crippen LogP contribution < -0.4 is 16.6 Å². The van der Waals surface area contributed by atoms with E-state index in [0.29, 0.717) is 5.92 Å². The lowest BCUT2D eigenvalue weighted by atomic mass is 10.0. The minimum atomic E-state index is 0.541. The second kappa shape index (κ2) is 4.14. The lowest BCUT2D eigenvalue weighted by Crippen LogP contribution is -2.09. The van der Waals surface area contributed by atoms with Gasteiger partial charge in [-0.05, 0) is 23.6 Å². The highest BCUT2D eigenvalue weighted by Gasteiger charge is 2.03. The summed E-state index contributed by atoms with van der Waals surface area (Å²) in [7, 11) is 1.89. The van der Waals surface area contributed by atoms with Crippen LogP contribution in [0.1, 0.15) is 25.3 Å². The highest BCUT2D eigenvalue weighted by atomic mass is 15.2. The highest BCUT2D eigenvalue weighted by Crippen LogP contribution is 2.25. The van der Waals surface area contributed by atoms with E-state index in [1.165, 1.54) is 5.56 Å². The second-order valence-corrected chi connectivity index (χ2v) is 3.35. The van der Waals surface area contributed by atoms with Crippen molar-refractivity contribution in [3.05, 3.63) is 23.8 Å². The predicted molar refractivity (Wildman–Crippen MR) is 57.9 cm³/mol. The largest absolute Gasteiger partial charge is 0.386 e. The van der Waals surface area contributed by atoms with E-state index >= 15 is 0 Å². The first kappa shape index (κ1) is 9.86. The maximum absolute atomic E-state index is 5.36. The van der Waals surface area contributed by atoms with Crippen LogP contribution in [0.15, 0.2) is 18.2 Å². The van der Waals surface area contributed by atoms with Gasteiger partial charge in [0.2, 0.25) is 0 Å². The molecular formula is C10H17N3. The molecule has 0 aliphatic carbocycles. The lowest BCUT2D eigenvalue weighted by Gasteiger charge is -2.12. The summed E-state index contributed by atoms with van der Waals surface area (Å²) < 4.78 is 0. The number of hydrogen-bond acceptors (Lipinski definition) is 3. The summed E-state index contributed by atoms with van der Waals surface area (Å²) in [4.78, 5) is 0. The average molecular weight is 179 g/mol. The third-order valence-corrected chi connectivity index (χ3v) is 2.14. The predicted octanol–water partition coefficient (Wildman–Crippen LogP) is 2.14. The quantitative estimate of drug-likeness (QED) is 0.492. The molecule has 0 aliphatic rings. The van der Waals surface area contributed by atoms with Crippen LogP contribution in [0, 0.1) is 0 Å². The number of anilines is 2. The third kappa shape index (κ3) is 2.12. The van der Waals surface area contributed by atoms with Gasteiger partial charge in [0, 0.05) is 7.05 Å². The molecule has 0 aromatic heterocycles. The SMILES string of the molecule is CNc1cc(C(C)C)ccc1NN. The Balaban J connectivity index is 3.05. The molecule has 0 spiro atoms. The van der Waals surface area contributed by atoms with Gasteiger partial charge in [0.1, 0.15) is 0 Å². The number of nitrogens with one attached hydrogen (secondary N) is 2. The molecule has 0 saturated carbocycles. The molecule has 13 heavy (non-hydrogen) atoms. The minimum absolute atomic E-state index is 0.541. The van der Waals surface area contributed by atoms with Crippen molar-refractivity contribution >= 4 is 11.4 Å². The molecule has 1 aromatic carbocycles. The second-order valence-electron chi connectivity index (χ2n) is 3.35. The fourth-order valence-electron chi connectivity index (χ4n) is 1.25. The van der Waals surface area contributed by atoms with Gasteiger partial charge < -0.3 is 10.7 Å². The van der Waals surface area contributed by atoms with E-state index < -0.39 is 0 Å². The topological polar surface area (TPSA) is 50.1 Å². The van der Waals surface area contributed by atoms with Crippen molar-refractivity contribution < 1.29 is 0 Å². The van der Waals surface area contributed by atoms with E-state index in [-0.39, 0.29) is 0 Å². The number of hydrogen-bond donors (Lipinski definition) is 3. The van der Waals surface area contributed by atoms with Gasteiger partial charge >= 0.3 is 0 Å². The summed E-state index contributed by atoms with van der Waals surface area (Å²) in [6.45, 7) is 4.34. The van der Waals surface area contributed by atoms with E-state index in [1.54, 1.807) is 0 Å². The van der Waals surface area contributed by atoms with Gasteiger partial charge in [-0.25, -0.2) is 0 Å². The fourth-order valence-corrected chi connectivity index (χ4v) is 1.25. The first-order valence-corrected chi connectivity index (χ1v) is 4.47. The van der Waals surface area contributed by atoms with Crippen LogP contribution in [0.5, 0.6) is 0 Å². The Morgan fingerprint density at radius 1 is 1.23 bits per heavy atom. The Hall–Kier alpha value is -1.22. The van der Waals surface area contributed by atoms with Crippen LogP contribution in [0.3, 0.4) is 0 Å². The van der Waals surface area contributed by atoms with Crippen molar-refractivity contribution in [2.75, 3.05) is 17.8 Å². The smallest absolute Gasteiger partial charge is 0.0718 e. The zero-order valence-electron chi connectivity index (χ0n) is 8.39. The van der Waals surface area contributed by atoms with E-state index in [9.17, 15) is 0 Å². The third-order valence-electron chi connectivity index (χ3n) is 2.14. The van der Waals surface area contributed by atoms with E-state index in [0.717, 1.165) is 11.4 Å². The Morgan fingerprint density at radius 2 is 1.92 bits per heavy atom. The first-order chi connectivity index (χ1) is 6.19. The maximum Gasteiger partial charge on any atom is 0.0718 e. The molecule has 0 bridgehead atoms. The molecule has 3 heteroatoms. The van der Waals surface area contributed by atoms with Gasteiger partial charge in [0.15, 0.2) is 0 Å². The molecule has 72 valence electrons. The molecule has 0 atom stereocenters. The number of nitrogens with two attached hydrogens (primary N) is 1. The van der Waals surface area contributed by atoms with Crippen molar-refractivity contribution in [2.45, 2.75) is 19.8 Å². The van der Waals surface area contributed by atoms with Gasteiger partial charge in [-0.1, -0.05) is 19.9 Å². The molecule has 1 rings (SSSR count). The van der Waals surface area contributed by atoms with Crippen LogP contribution in [0.25, 0.3) is 0 Å². The van der Waals surface area contributed by atoms with Gasteiger partial charge in [0.25, 0.3) is 0 Å². The van der Waals surface area contributed by atoms with Crippen molar-refractivity contribution in [1.82, 2.24) is 0 Å². The van der Waals surface area contributed by atoms with Gasteiger partial charge in [-0.2, -0.15) is 0 Å². The number of rotatable bonds is 3. The monoisotopic (exact) mass is 179 g/mol. The fraction of sp³-hybridized carbons (Fsp3) is 0.400. The molecule has 0 unspecified atom stereocenters. The zero-order valence-corrected chi connectivity index (χ0v) is 8.39. The minimum Gasteiger partial charge on any atom is -0.386 e. The maximum atomic E-state index is 5.36. The van der Waals surface area contributed by atoms with E-state index in [1.807, 2.05) is 13.1 Å². The summed E-state index contributed by atoms with van der Waals surface area (Å²) in [5.41, 5.74) is 5.92. The van der Waals surface area contributed by atoms with Crippen LogP contribution >= 0.6 is 0 Å². The summed E-state index contributed by atoms with van der Waals surface area (Å²) in [6, 6.07) is 6.18. The molecular weight excluding hydrogens is 162 g/mol. The Labute approximate surface area is 79.3 Å². The van der Waals surface area contributed by atoms with Crippen LogP contribution in [-0.2, 0) is 0 Å². The van der Waals surface area contributed by atoms with E-state index in [2.05, 4.69) is 36.7 Å². The van der Waals surface area contributed by atoms with E-state index in [4.69, 9.17) is 5.84 Å². The summed E-state index contributed by atoms with van der Waals surface area (Å²) in [5.74, 6) is 5.90. The average Bonchev–Trinajstić information content (AvgIpc) is 2.16. The molecule has 0 aliphatic heterocycles. The molecule has 0 heterocycles. The normalized spacial score (nSPS) is 10.2. The molecule has 1 aromatic rings. The Morgan fingerprint density at radius 3 is 2.38 bits per heavy atom. The van der Waals surface area contributed by atoms with Crippen LogP contribution in [0.4, 0.5) is 11.4 Å². The van der Waals surface area contributed by atoms with Crippen molar-refractivity contribution in [2.24, 2.45) is 5.84 Å². The summed E-state index contributed by atoms with van der Waals surface area (Å²) in [5, 5.41) is 3.10. The standard InChI is InChI=1S/C10H17N3/c1-7(2)8-4-5-9(13-11)10(6-8)12-3/h4-7,12-13H,11H2,1-3H3. The molecule has 0 radical (unpaired) electrons. The van der Waals surface area contributed by atoms with Gasteiger partial charge in [-0.15, -0.1) is 0 Å². The van der Waals surface area contributed by atoms with Crippen molar-refractivity contribution in [3.63, 3.8) is 0 Å². The number of nitrogen functional groups attached to an aromatic ring is 1. The zero-order chi connectivity index (χ0) is 9.84. The molecule has 0 amide bonds. The van der Waals surface area contributed by atoms with Crippen LogP contribution in [-0.4, -0.2) is 7.05 Å². The van der Waals surface area contributed by atoms with Crippen molar-refractivity contribution in [1.29, 1.82) is 0 Å².